The first kappa shape index (κ1) is 13.0. The highest BCUT2D eigenvalue weighted by Crippen LogP contribution is 2.23. The molecule has 1 unspecified atom stereocenters. The van der Waals surface area contributed by atoms with Gasteiger partial charge in [-0.1, -0.05) is 23.2 Å². The predicted octanol–water partition coefficient (Wildman–Crippen LogP) is 1.47. The average Bonchev–Trinajstić information content (AvgIpc) is 2.80. The summed E-state index contributed by atoms with van der Waals surface area (Å²) in [5.74, 6) is -1.51. The van der Waals surface area contributed by atoms with Crippen molar-refractivity contribution in [3.63, 3.8) is 0 Å². The average molecular weight is 290 g/mol. The first-order valence-electron chi connectivity index (χ1n) is 5.23. The fourth-order valence-corrected chi connectivity index (χ4v) is 2.24. The van der Waals surface area contributed by atoms with E-state index in [-0.39, 0.29) is 15.9 Å². The topological polar surface area (TPSA) is 83.4 Å². The minimum atomic E-state index is -1.02. The summed E-state index contributed by atoms with van der Waals surface area (Å²) >= 11 is 11.4. The lowest BCUT2D eigenvalue weighted by Crippen LogP contribution is -2.40. The van der Waals surface area contributed by atoms with E-state index in [1.54, 1.807) is 0 Å². The molecule has 1 saturated heterocycles. The Hall–Kier alpha value is -1.40. The van der Waals surface area contributed by atoms with Gasteiger partial charge in [0.1, 0.15) is 6.04 Å². The first-order valence-corrected chi connectivity index (χ1v) is 5.99. The molecule has 0 radical (unpaired) electrons. The molecule has 1 atom stereocenters. The minimum absolute atomic E-state index is 0.0359. The third-order valence-electron chi connectivity index (χ3n) is 2.75. The highest BCUT2D eigenvalue weighted by molar-refractivity contribution is 6.34. The van der Waals surface area contributed by atoms with Gasteiger partial charge in [-0.05, 0) is 18.9 Å². The van der Waals surface area contributed by atoms with E-state index in [2.05, 4.69) is 10.2 Å². The molecular formula is C10H9Cl2N3O3. The van der Waals surface area contributed by atoms with Gasteiger partial charge in [0.25, 0.3) is 5.91 Å². The van der Waals surface area contributed by atoms with Crippen LogP contribution < -0.4 is 0 Å². The summed E-state index contributed by atoms with van der Waals surface area (Å²) in [6, 6.07) is 0.469. The van der Waals surface area contributed by atoms with Crippen LogP contribution in [-0.4, -0.2) is 44.7 Å². The van der Waals surface area contributed by atoms with Crippen molar-refractivity contribution in [2.45, 2.75) is 18.9 Å². The van der Waals surface area contributed by atoms with Crippen LogP contribution >= 0.6 is 23.2 Å². The van der Waals surface area contributed by atoms with E-state index in [1.807, 2.05) is 0 Å². The van der Waals surface area contributed by atoms with Gasteiger partial charge in [0.05, 0.1) is 5.56 Å². The Morgan fingerprint density at radius 1 is 1.39 bits per heavy atom. The van der Waals surface area contributed by atoms with E-state index in [0.717, 1.165) is 0 Å². The summed E-state index contributed by atoms with van der Waals surface area (Å²) in [4.78, 5) is 24.5. The molecule has 6 nitrogen and oxygen atoms in total. The second-order valence-corrected chi connectivity index (χ2v) is 4.61. The summed E-state index contributed by atoms with van der Waals surface area (Å²) in [5, 5.41) is 16.0. The molecule has 8 heteroatoms. The Kier molecular flexibility index (Phi) is 3.68. The van der Waals surface area contributed by atoms with Crippen LogP contribution in [-0.2, 0) is 4.79 Å². The van der Waals surface area contributed by atoms with Crippen LogP contribution in [0.1, 0.15) is 23.2 Å². The number of carbonyl (C=O) groups excluding carboxylic acids is 1. The zero-order chi connectivity index (χ0) is 13.3. The smallest absolute Gasteiger partial charge is 0.326 e. The fraction of sp³-hybridized carbons (Fsp3) is 0.400. The first-order chi connectivity index (χ1) is 8.50. The van der Waals surface area contributed by atoms with Crippen molar-refractivity contribution in [3.8, 4) is 0 Å². The van der Waals surface area contributed by atoms with E-state index >= 15 is 0 Å². The molecule has 1 N–H and O–H groups in total. The monoisotopic (exact) mass is 289 g/mol. The maximum absolute atomic E-state index is 12.2. The van der Waals surface area contributed by atoms with Crippen molar-refractivity contribution in [1.82, 2.24) is 15.1 Å². The van der Waals surface area contributed by atoms with Crippen LogP contribution in [0.2, 0.25) is 10.3 Å². The number of hydrogen-bond acceptors (Lipinski definition) is 4. The third-order valence-corrected chi connectivity index (χ3v) is 3.21. The number of aromatic nitrogens is 2. The highest BCUT2D eigenvalue weighted by Gasteiger charge is 2.35. The number of rotatable bonds is 2. The van der Waals surface area contributed by atoms with Crippen LogP contribution in [0.25, 0.3) is 0 Å². The molecule has 1 fully saturated rings. The maximum atomic E-state index is 12.2. The lowest BCUT2D eigenvalue weighted by Gasteiger charge is -2.21. The van der Waals surface area contributed by atoms with E-state index < -0.39 is 17.9 Å². The van der Waals surface area contributed by atoms with Gasteiger partial charge >= 0.3 is 5.97 Å². The molecule has 1 aromatic rings. The Bertz CT molecular complexity index is 509. The Labute approximate surface area is 113 Å². The van der Waals surface area contributed by atoms with Crippen molar-refractivity contribution >= 4 is 35.1 Å². The number of aliphatic carboxylic acids is 1. The van der Waals surface area contributed by atoms with Crippen molar-refractivity contribution in [3.05, 3.63) is 21.9 Å². The molecule has 0 bridgehead atoms. The van der Waals surface area contributed by atoms with Gasteiger partial charge < -0.3 is 10.0 Å². The van der Waals surface area contributed by atoms with Crippen LogP contribution in [0.15, 0.2) is 6.07 Å². The molecule has 0 spiro atoms. The molecule has 96 valence electrons. The van der Waals surface area contributed by atoms with Gasteiger partial charge in [0, 0.05) is 6.54 Å². The standard InChI is InChI=1S/C10H9Cl2N3O3/c11-7-4-5(8(12)14-13-7)9(16)15-3-1-2-6(15)10(17)18/h4,6H,1-3H2,(H,17,18). The third kappa shape index (κ3) is 2.39. The molecule has 18 heavy (non-hydrogen) atoms. The van der Waals surface area contributed by atoms with Gasteiger partial charge in [-0.3, -0.25) is 4.79 Å². The molecule has 1 amide bonds. The number of hydrogen-bond donors (Lipinski definition) is 1. The molecule has 0 aliphatic carbocycles. The van der Waals surface area contributed by atoms with E-state index in [4.69, 9.17) is 28.3 Å². The zero-order valence-electron chi connectivity index (χ0n) is 9.14. The molecule has 1 aliphatic rings. The number of halogens is 2. The lowest BCUT2D eigenvalue weighted by molar-refractivity contribution is -0.141. The number of nitrogens with zero attached hydrogens (tertiary/aromatic N) is 3. The SMILES string of the molecule is O=C(O)C1CCCN1C(=O)c1cc(Cl)nnc1Cl. The van der Waals surface area contributed by atoms with Gasteiger partial charge in [-0.15, -0.1) is 10.2 Å². The Morgan fingerprint density at radius 2 is 2.11 bits per heavy atom. The van der Waals surface area contributed by atoms with Gasteiger partial charge in [-0.2, -0.15) is 0 Å². The number of likely N-dealkylation sites (tertiary alicyclic amines) is 1. The molecule has 2 rings (SSSR count). The summed E-state index contributed by atoms with van der Waals surface area (Å²) in [7, 11) is 0. The van der Waals surface area contributed by atoms with E-state index in [1.165, 1.54) is 11.0 Å². The summed E-state index contributed by atoms with van der Waals surface area (Å²) in [5.41, 5.74) is 0.0739. The van der Waals surface area contributed by atoms with Crippen LogP contribution in [0.5, 0.6) is 0 Å². The number of carbonyl (C=O) groups is 2. The molecule has 0 aromatic carbocycles. The van der Waals surface area contributed by atoms with Crippen LogP contribution in [0.4, 0.5) is 0 Å². The second-order valence-electron chi connectivity index (χ2n) is 3.87. The number of carboxylic acids is 1. The predicted molar refractivity (Wildman–Crippen MR) is 63.7 cm³/mol. The van der Waals surface area contributed by atoms with Gasteiger partial charge in [0.2, 0.25) is 0 Å². The summed E-state index contributed by atoms with van der Waals surface area (Å²) in [6.07, 6.45) is 1.08. The highest BCUT2D eigenvalue weighted by atomic mass is 35.5. The summed E-state index contributed by atoms with van der Waals surface area (Å²) in [6.45, 7) is 0.381. The van der Waals surface area contributed by atoms with Crippen molar-refractivity contribution in [2.75, 3.05) is 6.54 Å². The maximum Gasteiger partial charge on any atom is 0.326 e. The van der Waals surface area contributed by atoms with Crippen LogP contribution in [0, 0.1) is 0 Å². The number of amides is 1. The Balaban J connectivity index is 2.31. The zero-order valence-corrected chi connectivity index (χ0v) is 10.6. The second kappa shape index (κ2) is 5.07. The molecule has 1 aromatic heterocycles. The van der Waals surface area contributed by atoms with Gasteiger partial charge in [-0.25, -0.2) is 4.79 Å². The molecular weight excluding hydrogens is 281 g/mol. The minimum Gasteiger partial charge on any atom is -0.480 e. The quantitative estimate of drug-likeness (QED) is 0.891. The van der Waals surface area contributed by atoms with E-state index in [9.17, 15) is 9.59 Å². The van der Waals surface area contributed by atoms with Gasteiger partial charge in [0.15, 0.2) is 10.3 Å². The molecule has 1 aliphatic heterocycles. The van der Waals surface area contributed by atoms with Crippen molar-refractivity contribution in [1.29, 1.82) is 0 Å². The van der Waals surface area contributed by atoms with E-state index in [0.29, 0.717) is 19.4 Å². The van der Waals surface area contributed by atoms with Crippen molar-refractivity contribution < 1.29 is 14.7 Å². The van der Waals surface area contributed by atoms with Crippen LogP contribution in [0.3, 0.4) is 0 Å². The molecule has 2 heterocycles. The normalized spacial score (nSPS) is 19.0. The number of carboxylic acid groups (broad SMARTS) is 1. The fourth-order valence-electron chi connectivity index (χ4n) is 1.92. The lowest BCUT2D eigenvalue weighted by atomic mass is 10.2. The molecule has 0 saturated carbocycles. The largest absolute Gasteiger partial charge is 0.480 e. The Morgan fingerprint density at radius 3 is 2.78 bits per heavy atom. The van der Waals surface area contributed by atoms with Crippen molar-refractivity contribution in [2.24, 2.45) is 0 Å². The summed E-state index contributed by atoms with van der Waals surface area (Å²) < 4.78 is 0.